The number of hydrogen-bond acceptors (Lipinski definition) is 5. The zero-order valence-electron chi connectivity index (χ0n) is 23.4. The normalized spacial score (nSPS) is 13.9. The predicted molar refractivity (Wildman–Crippen MR) is 143 cm³/mol. The second-order valence-electron chi connectivity index (χ2n) is 10.5. The minimum absolute atomic E-state index is 0.0534. The summed E-state index contributed by atoms with van der Waals surface area (Å²) in [5, 5.41) is 15.6. The van der Waals surface area contributed by atoms with Crippen molar-refractivity contribution in [3.05, 3.63) is 34.9 Å². The van der Waals surface area contributed by atoms with Crippen LogP contribution in [0.25, 0.3) is 0 Å². The molecule has 1 aromatic rings. The molecule has 8 heteroatoms. The van der Waals surface area contributed by atoms with Gasteiger partial charge in [0.1, 0.15) is 17.7 Å². The van der Waals surface area contributed by atoms with Crippen molar-refractivity contribution in [2.45, 2.75) is 98.8 Å². The van der Waals surface area contributed by atoms with Crippen LogP contribution in [-0.4, -0.2) is 59.3 Å². The molecular formula is C28H47N3O5. The molecule has 3 N–H and O–H groups in total. The first-order chi connectivity index (χ1) is 16.9. The highest BCUT2D eigenvalue weighted by Gasteiger charge is 2.38. The number of hydrogen-bond donors (Lipinski definition) is 3. The van der Waals surface area contributed by atoms with Crippen LogP contribution in [0.2, 0.25) is 0 Å². The van der Waals surface area contributed by atoms with Gasteiger partial charge in [0.15, 0.2) is 0 Å². The van der Waals surface area contributed by atoms with Crippen molar-refractivity contribution in [2.24, 2.45) is 5.92 Å². The number of carbonyl (C=O) groups excluding carboxylic acids is 3. The van der Waals surface area contributed by atoms with E-state index >= 15 is 0 Å². The maximum absolute atomic E-state index is 14.0. The van der Waals surface area contributed by atoms with E-state index in [0.29, 0.717) is 18.5 Å². The second kappa shape index (κ2) is 14.8. The summed E-state index contributed by atoms with van der Waals surface area (Å²) >= 11 is 0. The van der Waals surface area contributed by atoms with Gasteiger partial charge in [-0.05, 0) is 58.1 Å². The number of aliphatic hydroxyl groups is 1. The lowest BCUT2D eigenvalue weighted by atomic mass is 9.93. The first-order valence-electron chi connectivity index (χ1n) is 13.1. The lowest BCUT2D eigenvalue weighted by molar-refractivity contribution is -0.144. The molecule has 1 rings (SSSR count). The maximum Gasteiger partial charge on any atom is 0.408 e. The summed E-state index contributed by atoms with van der Waals surface area (Å²) in [6, 6.07) is 3.88. The molecule has 0 spiro atoms. The molecule has 0 saturated heterocycles. The Morgan fingerprint density at radius 2 is 1.78 bits per heavy atom. The highest BCUT2D eigenvalue weighted by Crippen LogP contribution is 2.27. The predicted octanol–water partition coefficient (Wildman–Crippen LogP) is 4.41. The average molecular weight is 506 g/mol. The molecule has 0 fully saturated rings. The summed E-state index contributed by atoms with van der Waals surface area (Å²) in [5.41, 5.74) is 1.88. The fourth-order valence-corrected chi connectivity index (χ4v) is 4.04. The second-order valence-corrected chi connectivity index (χ2v) is 10.5. The standard InChI is InChI=1S/C28H47N3O5/c1-9-11-12-15-29-25(33)24(22-14-13-19(3)18-21(22)5)31(16-17-32)26(34)23(20(4)10-2)30-27(35)36-28(6,7)8/h13-14,18,20,23-24,32H,9-12,15-17H2,1-8H3,(H,29,33)(H,30,35). The molecule has 0 radical (unpaired) electrons. The number of amides is 3. The summed E-state index contributed by atoms with van der Waals surface area (Å²) in [6.07, 6.45) is 2.78. The zero-order valence-corrected chi connectivity index (χ0v) is 23.4. The molecule has 204 valence electrons. The molecule has 3 atom stereocenters. The van der Waals surface area contributed by atoms with Gasteiger partial charge in [0, 0.05) is 13.1 Å². The number of nitrogens with zero attached hydrogens (tertiary/aromatic N) is 1. The highest BCUT2D eigenvalue weighted by atomic mass is 16.6. The molecule has 3 unspecified atom stereocenters. The maximum atomic E-state index is 14.0. The summed E-state index contributed by atoms with van der Waals surface area (Å²) in [7, 11) is 0. The number of aliphatic hydroxyl groups excluding tert-OH is 1. The number of unbranched alkanes of at least 4 members (excludes halogenated alkanes) is 2. The molecule has 0 aliphatic carbocycles. The molecule has 1 aromatic carbocycles. The van der Waals surface area contributed by atoms with Crippen LogP contribution in [0.3, 0.4) is 0 Å². The Bertz CT molecular complexity index is 865. The molecule has 3 amide bonds. The van der Waals surface area contributed by atoms with E-state index in [2.05, 4.69) is 17.6 Å². The molecule has 0 bridgehead atoms. The molecule has 0 heterocycles. The van der Waals surface area contributed by atoms with Gasteiger partial charge in [-0.25, -0.2) is 4.79 Å². The SMILES string of the molecule is CCCCCNC(=O)C(c1ccc(C)cc1C)N(CCO)C(=O)C(NC(=O)OC(C)(C)C)C(C)CC. The molecule has 0 aromatic heterocycles. The smallest absolute Gasteiger partial charge is 0.408 e. The lowest BCUT2D eigenvalue weighted by Gasteiger charge is -2.36. The Labute approximate surface area is 217 Å². The van der Waals surface area contributed by atoms with E-state index in [9.17, 15) is 19.5 Å². The van der Waals surface area contributed by atoms with E-state index in [0.717, 1.165) is 30.4 Å². The Balaban J connectivity index is 3.45. The van der Waals surface area contributed by atoms with Crippen LogP contribution < -0.4 is 10.6 Å². The van der Waals surface area contributed by atoms with Gasteiger partial charge in [0.2, 0.25) is 11.8 Å². The van der Waals surface area contributed by atoms with Crippen LogP contribution in [0.15, 0.2) is 18.2 Å². The van der Waals surface area contributed by atoms with Crippen LogP contribution >= 0.6 is 0 Å². The number of alkyl carbamates (subject to hydrolysis) is 1. The molecule has 36 heavy (non-hydrogen) atoms. The monoisotopic (exact) mass is 505 g/mol. The van der Waals surface area contributed by atoms with E-state index < -0.39 is 29.7 Å². The first-order valence-corrected chi connectivity index (χ1v) is 13.1. The van der Waals surface area contributed by atoms with Crippen LogP contribution in [0.4, 0.5) is 4.79 Å². The number of nitrogens with one attached hydrogen (secondary N) is 2. The van der Waals surface area contributed by atoms with Crippen LogP contribution in [0.1, 0.15) is 90.0 Å². The fraction of sp³-hybridized carbons (Fsp3) is 0.679. The summed E-state index contributed by atoms with van der Waals surface area (Å²) in [4.78, 5) is 41.5. The minimum Gasteiger partial charge on any atom is -0.444 e. The van der Waals surface area contributed by atoms with Crippen molar-refractivity contribution >= 4 is 17.9 Å². The van der Waals surface area contributed by atoms with Crippen molar-refractivity contribution in [2.75, 3.05) is 19.7 Å². The van der Waals surface area contributed by atoms with E-state index in [1.807, 2.05) is 45.9 Å². The van der Waals surface area contributed by atoms with E-state index in [4.69, 9.17) is 4.74 Å². The van der Waals surface area contributed by atoms with Gasteiger partial charge in [-0.2, -0.15) is 0 Å². The van der Waals surface area contributed by atoms with E-state index in [1.165, 1.54) is 4.90 Å². The third-order valence-electron chi connectivity index (χ3n) is 6.13. The Morgan fingerprint density at radius 3 is 2.31 bits per heavy atom. The quantitative estimate of drug-likeness (QED) is 0.344. The van der Waals surface area contributed by atoms with Gasteiger partial charge in [-0.3, -0.25) is 9.59 Å². The van der Waals surface area contributed by atoms with Gasteiger partial charge in [0.05, 0.1) is 6.61 Å². The molecule has 0 saturated carbocycles. The lowest BCUT2D eigenvalue weighted by Crippen LogP contribution is -2.55. The van der Waals surface area contributed by atoms with Crippen molar-refractivity contribution in [3.63, 3.8) is 0 Å². The minimum atomic E-state index is -0.945. The molecule has 8 nitrogen and oxygen atoms in total. The highest BCUT2D eigenvalue weighted by molar-refractivity contribution is 5.92. The number of carbonyl (C=O) groups is 3. The number of rotatable bonds is 13. The van der Waals surface area contributed by atoms with Crippen molar-refractivity contribution < 1.29 is 24.2 Å². The largest absolute Gasteiger partial charge is 0.444 e. The molecular weight excluding hydrogens is 458 g/mol. The van der Waals surface area contributed by atoms with Gasteiger partial charge < -0.3 is 25.4 Å². The third kappa shape index (κ3) is 9.80. The summed E-state index contributed by atoms with van der Waals surface area (Å²) in [5.74, 6) is -0.962. The average Bonchev–Trinajstić information content (AvgIpc) is 2.79. The number of benzene rings is 1. The molecule has 0 aliphatic heterocycles. The van der Waals surface area contributed by atoms with Gasteiger partial charge >= 0.3 is 6.09 Å². The van der Waals surface area contributed by atoms with E-state index in [1.54, 1.807) is 20.8 Å². The summed E-state index contributed by atoms with van der Waals surface area (Å²) in [6.45, 7) is 15.2. The van der Waals surface area contributed by atoms with Gasteiger partial charge in [-0.15, -0.1) is 0 Å². The third-order valence-corrected chi connectivity index (χ3v) is 6.13. The van der Waals surface area contributed by atoms with Gasteiger partial charge in [0.25, 0.3) is 0 Å². The van der Waals surface area contributed by atoms with Crippen molar-refractivity contribution in [1.29, 1.82) is 0 Å². The van der Waals surface area contributed by atoms with Crippen molar-refractivity contribution in [1.82, 2.24) is 15.5 Å². The molecule has 0 aliphatic rings. The Hall–Kier alpha value is -2.61. The zero-order chi connectivity index (χ0) is 27.5. The Kier molecular flexibility index (Phi) is 12.9. The Morgan fingerprint density at radius 1 is 1.11 bits per heavy atom. The van der Waals surface area contributed by atoms with Crippen LogP contribution in [0.5, 0.6) is 0 Å². The van der Waals surface area contributed by atoms with Crippen LogP contribution in [-0.2, 0) is 14.3 Å². The first kappa shape index (κ1) is 31.4. The number of aryl methyl sites for hydroxylation is 2. The van der Waals surface area contributed by atoms with Crippen molar-refractivity contribution in [3.8, 4) is 0 Å². The number of ether oxygens (including phenoxy) is 1. The fourth-order valence-electron chi connectivity index (χ4n) is 4.04. The summed E-state index contributed by atoms with van der Waals surface area (Å²) < 4.78 is 5.40. The van der Waals surface area contributed by atoms with Crippen LogP contribution in [0, 0.1) is 19.8 Å². The van der Waals surface area contributed by atoms with E-state index in [-0.39, 0.29) is 25.0 Å². The topological polar surface area (TPSA) is 108 Å². The van der Waals surface area contributed by atoms with Gasteiger partial charge in [-0.1, -0.05) is 63.8 Å².